The van der Waals surface area contributed by atoms with Gasteiger partial charge in [0.1, 0.15) is 0 Å². The molecular weight excluding hydrogens is 489 g/mol. The molecule has 3 aliphatic heterocycles. The van der Waals surface area contributed by atoms with Gasteiger partial charge in [-0.3, -0.25) is 4.90 Å². The van der Waals surface area contributed by atoms with Crippen molar-refractivity contribution in [2.24, 2.45) is 5.41 Å². The Hall–Kier alpha value is -2.46. The van der Waals surface area contributed by atoms with Gasteiger partial charge in [-0.25, -0.2) is 0 Å². The van der Waals surface area contributed by atoms with E-state index in [2.05, 4.69) is 68.6 Å². The van der Waals surface area contributed by atoms with E-state index in [-0.39, 0.29) is 5.41 Å². The normalized spacial score (nSPS) is 23.5. The molecule has 1 fully saturated rings. The van der Waals surface area contributed by atoms with Gasteiger partial charge < -0.3 is 9.47 Å². The second-order valence-corrected chi connectivity index (χ2v) is 12.0. The molecule has 186 valence electrons. The van der Waals surface area contributed by atoms with Crippen molar-refractivity contribution in [2.45, 2.75) is 58.2 Å². The summed E-state index contributed by atoms with van der Waals surface area (Å²) in [6.45, 7) is 12.5. The summed E-state index contributed by atoms with van der Waals surface area (Å²) in [6, 6.07) is 19.8. The number of piperidine rings is 1. The van der Waals surface area contributed by atoms with Crippen LogP contribution in [0.4, 0.5) is 0 Å². The molecule has 0 unspecified atom stereocenters. The van der Waals surface area contributed by atoms with Crippen molar-refractivity contribution >= 4 is 23.2 Å². The Bertz CT molecular complexity index is 1360. The minimum absolute atomic E-state index is 0.148. The summed E-state index contributed by atoms with van der Waals surface area (Å²) in [6.07, 6.45) is 2.08. The standard InChI is InChI=1S/C31H31Cl2NO2/c1-18(2)12-25-30-29-21(20-9-10-23(32)24(33)14-20)6-5-7-22(29)26(15-31(30,3)4)34(25)16-19-8-11-27-28(13-19)36-17-35-27/h5-11,13-14,25-26,30H,1,12,15-17H2,2-4H3/t25-,26-,30-/m0/s1. The van der Waals surface area contributed by atoms with Gasteiger partial charge in [0.2, 0.25) is 6.79 Å². The molecule has 5 heteroatoms. The molecule has 0 spiro atoms. The Labute approximate surface area is 223 Å². The molecule has 0 aromatic heterocycles. The average Bonchev–Trinajstić information content (AvgIpc) is 3.29. The molecule has 36 heavy (non-hydrogen) atoms. The number of benzene rings is 3. The molecule has 0 N–H and O–H groups in total. The van der Waals surface area contributed by atoms with Crippen molar-refractivity contribution in [1.29, 1.82) is 0 Å². The third-order valence-corrected chi connectivity index (χ3v) is 8.91. The Morgan fingerprint density at radius 3 is 2.61 bits per heavy atom. The van der Waals surface area contributed by atoms with Crippen LogP contribution in [0.3, 0.4) is 0 Å². The molecule has 1 aliphatic carbocycles. The Morgan fingerprint density at radius 1 is 1.03 bits per heavy atom. The van der Waals surface area contributed by atoms with Crippen LogP contribution in [0.5, 0.6) is 11.5 Å². The highest BCUT2D eigenvalue weighted by molar-refractivity contribution is 6.42. The zero-order valence-corrected chi connectivity index (χ0v) is 22.5. The summed E-state index contributed by atoms with van der Waals surface area (Å²) in [7, 11) is 0. The van der Waals surface area contributed by atoms with Crippen molar-refractivity contribution in [3.8, 4) is 22.6 Å². The highest BCUT2D eigenvalue weighted by Crippen LogP contribution is 2.62. The first kappa shape index (κ1) is 23.9. The van der Waals surface area contributed by atoms with Crippen LogP contribution < -0.4 is 9.47 Å². The number of hydrogen-bond acceptors (Lipinski definition) is 3. The fourth-order valence-electron chi connectivity index (χ4n) is 6.76. The minimum atomic E-state index is 0.148. The lowest BCUT2D eigenvalue weighted by Gasteiger charge is -2.60. The van der Waals surface area contributed by atoms with E-state index in [1.807, 2.05) is 18.2 Å². The van der Waals surface area contributed by atoms with Crippen molar-refractivity contribution in [3.05, 3.63) is 93.5 Å². The quantitative estimate of drug-likeness (QED) is 0.314. The van der Waals surface area contributed by atoms with Gasteiger partial charge in [0.05, 0.1) is 10.0 Å². The Morgan fingerprint density at radius 2 is 1.83 bits per heavy atom. The molecule has 3 aromatic carbocycles. The molecule has 3 nitrogen and oxygen atoms in total. The van der Waals surface area contributed by atoms with E-state index in [1.54, 1.807) is 0 Å². The van der Waals surface area contributed by atoms with Gasteiger partial charge in [0, 0.05) is 24.5 Å². The largest absolute Gasteiger partial charge is 0.454 e. The molecular formula is C31H31Cl2NO2. The van der Waals surface area contributed by atoms with E-state index in [1.165, 1.54) is 27.8 Å². The summed E-state index contributed by atoms with van der Waals surface area (Å²) >= 11 is 12.7. The fourth-order valence-corrected chi connectivity index (χ4v) is 7.06. The number of halogens is 2. The van der Waals surface area contributed by atoms with Gasteiger partial charge in [-0.2, -0.15) is 0 Å². The van der Waals surface area contributed by atoms with Crippen LogP contribution in [-0.2, 0) is 6.54 Å². The fraction of sp³-hybridized carbons (Fsp3) is 0.355. The lowest BCUT2D eigenvalue weighted by molar-refractivity contribution is -0.0310. The van der Waals surface area contributed by atoms with Crippen LogP contribution >= 0.6 is 23.2 Å². The summed E-state index contributed by atoms with van der Waals surface area (Å²) in [5.74, 6) is 2.03. The molecule has 0 saturated carbocycles. The van der Waals surface area contributed by atoms with Crippen LogP contribution in [-0.4, -0.2) is 17.7 Å². The predicted molar refractivity (Wildman–Crippen MR) is 147 cm³/mol. The Kier molecular flexibility index (Phi) is 5.87. The second kappa shape index (κ2) is 8.83. The summed E-state index contributed by atoms with van der Waals surface area (Å²) in [4.78, 5) is 2.71. The van der Waals surface area contributed by atoms with E-state index in [9.17, 15) is 0 Å². The molecule has 0 radical (unpaired) electrons. The van der Waals surface area contributed by atoms with Crippen LogP contribution in [0.25, 0.3) is 11.1 Å². The second-order valence-electron chi connectivity index (χ2n) is 11.2. The van der Waals surface area contributed by atoms with Gasteiger partial charge in [-0.05, 0) is 77.3 Å². The molecule has 3 aromatic rings. The number of rotatable bonds is 5. The smallest absolute Gasteiger partial charge is 0.231 e. The number of fused-ring (bicyclic) bond motifs is 3. The number of nitrogens with zero attached hydrogens (tertiary/aromatic N) is 1. The zero-order valence-electron chi connectivity index (χ0n) is 21.0. The predicted octanol–water partition coefficient (Wildman–Crippen LogP) is 8.79. The third kappa shape index (κ3) is 3.93. The minimum Gasteiger partial charge on any atom is -0.454 e. The van der Waals surface area contributed by atoms with E-state index in [0.29, 0.717) is 34.8 Å². The van der Waals surface area contributed by atoms with Crippen molar-refractivity contribution < 1.29 is 9.47 Å². The van der Waals surface area contributed by atoms with Gasteiger partial charge in [0.15, 0.2) is 11.5 Å². The third-order valence-electron chi connectivity index (χ3n) is 8.17. The van der Waals surface area contributed by atoms with E-state index in [4.69, 9.17) is 32.7 Å². The maximum absolute atomic E-state index is 6.46. The lowest BCUT2D eigenvalue weighted by Crippen LogP contribution is -2.56. The first-order chi connectivity index (χ1) is 17.2. The summed E-state index contributed by atoms with van der Waals surface area (Å²) < 4.78 is 11.2. The molecule has 4 aliphatic rings. The van der Waals surface area contributed by atoms with E-state index in [0.717, 1.165) is 36.4 Å². The average molecular weight is 521 g/mol. The van der Waals surface area contributed by atoms with Crippen molar-refractivity contribution in [1.82, 2.24) is 4.90 Å². The topological polar surface area (TPSA) is 21.7 Å². The van der Waals surface area contributed by atoms with Gasteiger partial charge in [-0.15, -0.1) is 6.58 Å². The zero-order chi connectivity index (χ0) is 25.2. The molecule has 3 heterocycles. The van der Waals surface area contributed by atoms with E-state index < -0.39 is 0 Å². The highest BCUT2D eigenvalue weighted by atomic mass is 35.5. The maximum atomic E-state index is 6.46. The van der Waals surface area contributed by atoms with Crippen LogP contribution in [0.2, 0.25) is 10.0 Å². The molecule has 7 rings (SSSR count). The maximum Gasteiger partial charge on any atom is 0.231 e. The molecule has 1 saturated heterocycles. The first-order valence-electron chi connectivity index (χ1n) is 12.6. The highest BCUT2D eigenvalue weighted by Gasteiger charge is 2.54. The van der Waals surface area contributed by atoms with Crippen molar-refractivity contribution in [3.63, 3.8) is 0 Å². The number of ether oxygens (including phenoxy) is 2. The Balaban J connectivity index is 1.48. The van der Waals surface area contributed by atoms with Gasteiger partial charge in [0.25, 0.3) is 0 Å². The number of hydrogen-bond donors (Lipinski definition) is 0. The monoisotopic (exact) mass is 519 g/mol. The van der Waals surface area contributed by atoms with Crippen LogP contribution in [0, 0.1) is 5.41 Å². The van der Waals surface area contributed by atoms with E-state index >= 15 is 0 Å². The molecule has 0 amide bonds. The SMILES string of the molecule is C=C(C)C[C@H]1[C@H]2c3c(-c4ccc(Cl)c(Cl)c4)cccc3[C@H](CC2(C)C)N1Cc1ccc2c(c1)OCO2. The summed E-state index contributed by atoms with van der Waals surface area (Å²) in [5.41, 5.74) is 7.90. The van der Waals surface area contributed by atoms with Gasteiger partial charge in [-0.1, -0.05) is 73.0 Å². The summed E-state index contributed by atoms with van der Waals surface area (Å²) in [5, 5.41) is 1.18. The van der Waals surface area contributed by atoms with Crippen LogP contribution in [0.15, 0.2) is 66.7 Å². The lowest BCUT2D eigenvalue weighted by atomic mass is 9.56. The van der Waals surface area contributed by atoms with Crippen molar-refractivity contribution in [2.75, 3.05) is 6.79 Å². The molecule has 2 bridgehead atoms. The van der Waals surface area contributed by atoms with Crippen LogP contribution in [0.1, 0.15) is 62.3 Å². The van der Waals surface area contributed by atoms with Gasteiger partial charge >= 0.3 is 0 Å². The first-order valence-corrected chi connectivity index (χ1v) is 13.4. The molecule has 3 atom stereocenters.